The van der Waals surface area contributed by atoms with Crippen LogP contribution in [-0.2, 0) is 6.54 Å². The fourth-order valence-electron chi connectivity index (χ4n) is 1.61. The van der Waals surface area contributed by atoms with Crippen molar-refractivity contribution in [3.8, 4) is 0 Å². The monoisotopic (exact) mass is 324 g/mol. The normalized spacial score (nSPS) is 10.3. The minimum atomic E-state index is -0.0932. The summed E-state index contributed by atoms with van der Waals surface area (Å²) in [7, 11) is 0. The summed E-state index contributed by atoms with van der Waals surface area (Å²) in [5.74, 6) is -0.0932. The Morgan fingerprint density at radius 3 is 2.83 bits per heavy atom. The number of hydrogen-bond donors (Lipinski definition) is 2. The topological polar surface area (TPSA) is 55.1 Å². The maximum Gasteiger partial charge on any atom is 0.251 e. The number of hydrogen-bond acceptors (Lipinski definition) is 3. The van der Waals surface area contributed by atoms with Crippen LogP contribution in [0.15, 0.2) is 34.1 Å². The average Bonchev–Trinajstić information content (AvgIpc) is 2.76. The molecule has 0 aliphatic heterocycles. The van der Waals surface area contributed by atoms with Gasteiger partial charge in [-0.25, -0.2) is 0 Å². The van der Waals surface area contributed by atoms with Crippen molar-refractivity contribution < 1.29 is 4.79 Å². The number of halogens is 1. The molecule has 5 heteroatoms. The second-order valence-electron chi connectivity index (χ2n) is 3.91. The molecule has 1 aromatic heterocycles. The summed E-state index contributed by atoms with van der Waals surface area (Å²) in [6.45, 7) is 2.38. The molecule has 0 saturated heterocycles. The van der Waals surface area contributed by atoms with E-state index in [1.165, 1.54) is 0 Å². The van der Waals surface area contributed by atoms with Gasteiger partial charge in [-0.15, -0.1) is 11.3 Å². The SMILES string of the molecule is Cc1c(N)cccc1C(=O)NCc1ccc(Br)s1. The van der Waals surface area contributed by atoms with E-state index < -0.39 is 0 Å². The Hall–Kier alpha value is -1.33. The lowest BCUT2D eigenvalue weighted by molar-refractivity contribution is 0.0950. The zero-order valence-electron chi connectivity index (χ0n) is 9.87. The molecule has 94 valence electrons. The van der Waals surface area contributed by atoms with Gasteiger partial charge in [0.25, 0.3) is 5.91 Å². The summed E-state index contributed by atoms with van der Waals surface area (Å²) in [4.78, 5) is 13.1. The van der Waals surface area contributed by atoms with Crippen LogP contribution < -0.4 is 11.1 Å². The molecule has 0 saturated carbocycles. The van der Waals surface area contributed by atoms with Crippen LogP contribution in [0.5, 0.6) is 0 Å². The minimum Gasteiger partial charge on any atom is -0.398 e. The second kappa shape index (κ2) is 5.54. The number of nitrogen functional groups attached to an aromatic ring is 1. The number of carbonyl (C=O) groups excluding carboxylic acids is 1. The molecule has 0 aliphatic rings. The van der Waals surface area contributed by atoms with E-state index in [-0.39, 0.29) is 5.91 Å². The fraction of sp³-hybridized carbons (Fsp3) is 0.154. The van der Waals surface area contributed by atoms with Gasteiger partial charge >= 0.3 is 0 Å². The molecule has 2 aromatic rings. The fourth-order valence-corrected chi connectivity index (χ4v) is 3.03. The first-order valence-corrected chi connectivity index (χ1v) is 7.06. The van der Waals surface area contributed by atoms with Crippen molar-refractivity contribution in [2.75, 3.05) is 5.73 Å². The molecule has 0 fully saturated rings. The highest BCUT2D eigenvalue weighted by Crippen LogP contribution is 2.22. The standard InChI is InChI=1S/C13H13BrN2OS/c1-8-10(3-2-4-11(8)15)13(17)16-7-9-5-6-12(14)18-9/h2-6H,7,15H2,1H3,(H,16,17). The Kier molecular flexibility index (Phi) is 4.04. The molecule has 0 aliphatic carbocycles. The Morgan fingerprint density at radius 2 is 2.17 bits per heavy atom. The molecule has 3 nitrogen and oxygen atoms in total. The van der Waals surface area contributed by atoms with Gasteiger partial charge < -0.3 is 11.1 Å². The van der Waals surface area contributed by atoms with E-state index in [2.05, 4.69) is 21.2 Å². The van der Waals surface area contributed by atoms with E-state index in [0.29, 0.717) is 17.8 Å². The van der Waals surface area contributed by atoms with Crippen molar-refractivity contribution >= 4 is 38.9 Å². The predicted octanol–water partition coefficient (Wildman–Crippen LogP) is 3.33. The van der Waals surface area contributed by atoms with Crippen LogP contribution >= 0.6 is 27.3 Å². The molecule has 1 heterocycles. The van der Waals surface area contributed by atoms with Gasteiger partial charge in [0, 0.05) is 16.1 Å². The van der Waals surface area contributed by atoms with Crippen molar-refractivity contribution in [1.29, 1.82) is 0 Å². The molecule has 0 radical (unpaired) electrons. The lowest BCUT2D eigenvalue weighted by atomic mass is 10.1. The first-order valence-electron chi connectivity index (χ1n) is 5.45. The zero-order valence-corrected chi connectivity index (χ0v) is 12.3. The van der Waals surface area contributed by atoms with E-state index in [1.54, 1.807) is 29.5 Å². The molecular weight excluding hydrogens is 312 g/mol. The zero-order chi connectivity index (χ0) is 13.1. The van der Waals surface area contributed by atoms with Gasteiger partial charge in [0.2, 0.25) is 0 Å². The summed E-state index contributed by atoms with van der Waals surface area (Å²) in [6, 6.07) is 9.33. The average molecular weight is 325 g/mol. The summed E-state index contributed by atoms with van der Waals surface area (Å²) in [5.41, 5.74) is 7.88. The molecule has 2 rings (SSSR count). The molecule has 0 atom stereocenters. The third-order valence-corrected chi connectivity index (χ3v) is 4.30. The van der Waals surface area contributed by atoms with Gasteiger partial charge in [-0.1, -0.05) is 6.07 Å². The highest BCUT2D eigenvalue weighted by atomic mass is 79.9. The number of carbonyl (C=O) groups is 1. The molecule has 0 unspecified atom stereocenters. The van der Waals surface area contributed by atoms with Crippen LogP contribution in [0.1, 0.15) is 20.8 Å². The molecule has 1 amide bonds. The summed E-state index contributed by atoms with van der Waals surface area (Å²) in [5, 5.41) is 2.89. The summed E-state index contributed by atoms with van der Waals surface area (Å²) < 4.78 is 1.06. The molecule has 3 N–H and O–H groups in total. The molecule has 1 aromatic carbocycles. The van der Waals surface area contributed by atoms with E-state index in [1.807, 2.05) is 19.1 Å². The van der Waals surface area contributed by atoms with Gasteiger partial charge in [-0.3, -0.25) is 4.79 Å². The summed E-state index contributed by atoms with van der Waals surface area (Å²) >= 11 is 5.00. The van der Waals surface area contributed by atoms with Crippen molar-refractivity contribution in [2.24, 2.45) is 0 Å². The molecular formula is C13H13BrN2OS. The van der Waals surface area contributed by atoms with Crippen molar-refractivity contribution in [3.05, 3.63) is 50.1 Å². The smallest absolute Gasteiger partial charge is 0.251 e. The highest BCUT2D eigenvalue weighted by Gasteiger charge is 2.10. The molecule has 0 spiro atoms. The van der Waals surface area contributed by atoms with Crippen molar-refractivity contribution in [3.63, 3.8) is 0 Å². The van der Waals surface area contributed by atoms with E-state index >= 15 is 0 Å². The Bertz CT molecular complexity index is 580. The molecule has 0 bridgehead atoms. The lowest BCUT2D eigenvalue weighted by Gasteiger charge is -2.08. The van der Waals surface area contributed by atoms with Gasteiger partial charge in [0.15, 0.2) is 0 Å². The van der Waals surface area contributed by atoms with E-state index in [9.17, 15) is 4.79 Å². The number of rotatable bonds is 3. The lowest BCUT2D eigenvalue weighted by Crippen LogP contribution is -2.23. The third kappa shape index (κ3) is 2.91. The van der Waals surface area contributed by atoms with Crippen LogP contribution in [0.4, 0.5) is 5.69 Å². The number of amides is 1. The maximum atomic E-state index is 12.0. The first-order chi connectivity index (χ1) is 8.58. The highest BCUT2D eigenvalue weighted by molar-refractivity contribution is 9.11. The Balaban J connectivity index is 2.06. The van der Waals surface area contributed by atoms with Gasteiger partial charge in [-0.05, 0) is 52.7 Å². The van der Waals surface area contributed by atoms with Crippen molar-refractivity contribution in [1.82, 2.24) is 5.32 Å². The Morgan fingerprint density at radius 1 is 1.39 bits per heavy atom. The maximum absolute atomic E-state index is 12.0. The number of nitrogens with two attached hydrogens (primary N) is 1. The van der Waals surface area contributed by atoms with E-state index in [0.717, 1.165) is 14.2 Å². The van der Waals surface area contributed by atoms with Crippen LogP contribution in [0.3, 0.4) is 0 Å². The number of nitrogens with one attached hydrogen (secondary N) is 1. The van der Waals surface area contributed by atoms with E-state index in [4.69, 9.17) is 5.73 Å². The van der Waals surface area contributed by atoms with Crippen LogP contribution in [0, 0.1) is 6.92 Å². The largest absolute Gasteiger partial charge is 0.398 e. The number of thiophene rings is 1. The third-order valence-electron chi connectivity index (χ3n) is 2.67. The predicted molar refractivity (Wildman–Crippen MR) is 78.8 cm³/mol. The summed E-state index contributed by atoms with van der Waals surface area (Å²) in [6.07, 6.45) is 0. The first kappa shape index (κ1) is 13.1. The quantitative estimate of drug-likeness (QED) is 0.851. The van der Waals surface area contributed by atoms with Gasteiger partial charge in [-0.2, -0.15) is 0 Å². The second-order valence-corrected chi connectivity index (χ2v) is 6.46. The number of anilines is 1. The number of benzene rings is 1. The van der Waals surface area contributed by atoms with Crippen LogP contribution in [0.25, 0.3) is 0 Å². The Labute approximate surface area is 118 Å². The van der Waals surface area contributed by atoms with Crippen LogP contribution in [-0.4, -0.2) is 5.91 Å². The van der Waals surface area contributed by atoms with Crippen LogP contribution in [0.2, 0.25) is 0 Å². The van der Waals surface area contributed by atoms with Crippen molar-refractivity contribution in [2.45, 2.75) is 13.5 Å². The van der Waals surface area contributed by atoms with Gasteiger partial charge in [0.1, 0.15) is 0 Å². The minimum absolute atomic E-state index is 0.0932. The van der Waals surface area contributed by atoms with Gasteiger partial charge in [0.05, 0.1) is 10.3 Å². The molecule has 18 heavy (non-hydrogen) atoms.